The first kappa shape index (κ1) is 17.5. The van der Waals surface area contributed by atoms with Crippen LogP contribution >= 0.6 is 0 Å². The normalized spacial score (nSPS) is 16.7. The fourth-order valence-corrected chi connectivity index (χ4v) is 4.70. The number of anilines is 1. The van der Waals surface area contributed by atoms with Gasteiger partial charge in [-0.2, -0.15) is 0 Å². The minimum Gasteiger partial charge on any atom is -0.387 e. The number of carbonyl (C=O) groups is 1. The highest BCUT2D eigenvalue weighted by Gasteiger charge is 2.37. The zero-order valence-electron chi connectivity index (χ0n) is 14.6. The van der Waals surface area contributed by atoms with E-state index in [2.05, 4.69) is 5.32 Å². The number of carbonyl (C=O) groups excluding carboxylic acids is 1. The molecule has 1 aliphatic rings. The van der Waals surface area contributed by atoms with Crippen molar-refractivity contribution in [1.82, 2.24) is 4.31 Å². The van der Waals surface area contributed by atoms with Crippen molar-refractivity contribution < 1.29 is 18.3 Å². The molecule has 6 nitrogen and oxygen atoms in total. The molecular weight excluding hydrogens is 364 g/mol. The first-order chi connectivity index (χ1) is 12.9. The van der Waals surface area contributed by atoms with E-state index in [4.69, 9.17) is 0 Å². The number of nitrogens with one attached hydrogen (secondary N) is 1. The van der Waals surface area contributed by atoms with Crippen molar-refractivity contribution in [2.45, 2.75) is 17.9 Å². The number of fused-ring (bicyclic) bond motifs is 2. The van der Waals surface area contributed by atoms with Gasteiger partial charge in [0.15, 0.2) is 0 Å². The number of amides is 2. The van der Waals surface area contributed by atoms with Gasteiger partial charge in [-0.3, -0.25) is 0 Å². The number of hydrogen-bond acceptors (Lipinski definition) is 4. The van der Waals surface area contributed by atoms with Crippen LogP contribution in [0.4, 0.5) is 10.5 Å². The summed E-state index contributed by atoms with van der Waals surface area (Å²) in [7, 11) is -4.03. The number of nitrogens with zero attached hydrogens (tertiary/aromatic N) is 1. The van der Waals surface area contributed by atoms with Crippen LogP contribution in [-0.4, -0.2) is 30.4 Å². The molecule has 1 heterocycles. The van der Waals surface area contributed by atoms with E-state index in [1.165, 1.54) is 6.07 Å². The molecule has 3 aromatic rings. The molecule has 1 unspecified atom stereocenters. The highest BCUT2D eigenvalue weighted by Crippen LogP contribution is 2.32. The van der Waals surface area contributed by atoms with Crippen LogP contribution in [-0.2, 0) is 10.0 Å². The largest absolute Gasteiger partial charge is 0.387 e. The number of aryl methyl sites for hydroxylation is 1. The molecule has 27 heavy (non-hydrogen) atoms. The van der Waals surface area contributed by atoms with Crippen molar-refractivity contribution in [3.63, 3.8) is 0 Å². The van der Waals surface area contributed by atoms with E-state index in [1.54, 1.807) is 24.3 Å². The molecule has 0 saturated carbocycles. The van der Waals surface area contributed by atoms with Gasteiger partial charge >= 0.3 is 6.03 Å². The van der Waals surface area contributed by atoms with Gasteiger partial charge in [0.1, 0.15) is 4.90 Å². The third-order valence-electron chi connectivity index (χ3n) is 4.67. The topological polar surface area (TPSA) is 86.7 Å². The lowest BCUT2D eigenvalue weighted by Crippen LogP contribution is -2.45. The van der Waals surface area contributed by atoms with Crippen molar-refractivity contribution >= 4 is 32.5 Å². The zero-order chi connectivity index (χ0) is 19.2. The molecule has 1 atom stereocenters. The molecule has 2 N–H and O–H groups in total. The van der Waals surface area contributed by atoms with Gasteiger partial charge < -0.3 is 10.4 Å². The first-order valence-corrected chi connectivity index (χ1v) is 9.91. The second kappa shape index (κ2) is 6.37. The Morgan fingerprint density at radius 2 is 1.78 bits per heavy atom. The van der Waals surface area contributed by atoms with E-state index in [9.17, 15) is 18.3 Å². The Labute approximate surface area is 157 Å². The van der Waals surface area contributed by atoms with Gasteiger partial charge in [0.2, 0.25) is 0 Å². The number of benzene rings is 3. The lowest BCUT2D eigenvalue weighted by Gasteiger charge is -2.30. The first-order valence-electron chi connectivity index (χ1n) is 8.47. The molecule has 0 bridgehead atoms. The molecule has 1 aliphatic heterocycles. The van der Waals surface area contributed by atoms with Gasteiger partial charge in [-0.05, 0) is 47.0 Å². The molecule has 0 aliphatic carbocycles. The van der Waals surface area contributed by atoms with E-state index < -0.39 is 22.2 Å². The molecule has 7 heteroatoms. The Kier molecular flexibility index (Phi) is 4.13. The lowest BCUT2D eigenvalue weighted by molar-refractivity contribution is 0.151. The summed E-state index contributed by atoms with van der Waals surface area (Å²) in [5, 5.41) is 15.1. The van der Waals surface area contributed by atoms with Crippen LogP contribution < -0.4 is 5.32 Å². The third-order valence-corrected chi connectivity index (χ3v) is 6.48. The molecule has 0 saturated heterocycles. The molecule has 0 aromatic heterocycles. The number of β-amino-alcohol motifs (C(OH)–C–C–N with tert-alkyl or cyclic N) is 1. The van der Waals surface area contributed by atoms with E-state index in [1.807, 2.05) is 37.3 Å². The van der Waals surface area contributed by atoms with Crippen LogP contribution in [0.3, 0.4) is 0 Å². The van der Waals surface area contributed by atoms with Crippen LogP contribution in [0.5, 0.6) is 0 Å². The Morgan fingerprint density at radius 1 is 1.04 bits per heavy atom. The van der Waals surface area contributed by atoms with Crippen molar-refractivity contribution in [3.8, 4) is 0 Å². The van der Waals surface area contributed by atoms with Gasteiger partial charge in [0.05, 0.1) is 18.3 Å². The summed E-state index contributed by atoms with van der Waals surface area (Å²) in [6.45, 7) is 1.45. The summed E-state index contributed by atoms with van der Waals surface area (Å²) in [6.07, 6.45) is -1.14. The molecule has 0 radical (unpaired) electrons. The summed E-state index contributed by atoms with van der Waals surface area (Å²) in [4.78, 5) is 12.4. The quantitative estimate of drug-likeness (QED) is 0.727. The minimum absolute atomic E-state index is 0.0263. The highest BCUT2D eigenvalue weighted by molar-refractivity contribution is 7.90. The summed E-state index contributed by atoms with van der Waals surface area (Å²) in [5.74, 6) is 0. The highest BCUT2D eigenvalue weighted by atomic mass is 32.2. The van der Waals surface area contributed by atoms with E-state index in [0.717, 1.165) is 16.3 Å². The fourth-order valence-electron chi connectivity index (χ4n) is 3.23. The van der Waals surface area contributed by atoms with Crippen LogP contribution in [0.1, 0.15) is 17.2 Å². The maximum atomic E-state index is 12.9. The number of rotatable bonds is 3. The molecule has 138 valence electrons. The average Bonchev–Trinajstić information content (AvgIpc) is 2.64. The van der Waals surface area contributed by atoms with Crippen LogP contribution in [0, 0.1) is 6.92 Å². The Balaban J connectivity index is 1.66. The van der Waals surface area contributed by atoms with Crippen molar-refractivity contribution in [1.29, 1.82) is 0 Å². The number of aliphatic hydroxyl groups excluding tert-OH is 1. The third kappa shape index (κ3) is 3.05. The van der Waals surface area contributed by atoms with E-state index in [0.29, 0.717) is 9.87 Å². The monoisotopic (exact) mass is 382 g/mol. The molecule has 0 spiro atoms. The summed E-state index contributed by atoms with van der Waals surface area (Å²) in [5.41, 5.74) is 1.65. The Bertz CT molecular complexity index is 1160. The number of aliphatic hydroxyl groups is 1. The summed E-state index contributed by atoms with van der Waals surface area (Å²) < 4.78 is 26.4. The van der Waals surface area contributed by atoms with Gasteiger partial charge in [-0.15, -0.1) is 0 Å². The SMILES string of the molecule is Cc1ccc2c(c1)NC(=O)N(CC(O)c1ccc3ccccc3c1)S2(=O)=O. The molecular formula is C20H18N2O4S. The predicted molar refractivity (Wildman–Crippen MR) is 103 cm³/mol. The molecule has 4 rings (SSSR count). The second-order valence-electron chi connectivity index (χ2n) is 6.59. The predicted octanol–water partition coefficient (Wildman–Crippen LogP) is 3.42. The van der Waals surface area contributed by atoms with Crippen LogP contribution in [0.25, 0.3) is 10.8 Å². The average molecular weight is 382 g/mol. The zero-order valence-corrected chi connectivity index (χ0v) is 15.4. The fraction of sp³-hybridized carbons (Fsp3) is 0.150. The van der Waals surface area contributed by atoms with Crippen molar-refractivity contribution in [2.24, 2.45) is 0 Å². The van der Waals surface area contributed by atoms with E-state index >= 15 is 0 Å². The van der Waals surface area contributed by atoms with Crippen molar-refractivity contribution in [3.05, 3.63) is 71.8 Å². The van der Waals surface area contributed by atoms with Crippen molar-refractivity contribution in [2.75, 3.05) is 11.9 Å². The molecule has 3 aromatic carbocycles. The Hall–Kier alpha value is -2.90. The standard InChI is InChI=1S/C20H18N2O4S/c1-13-6-9-19-17(10-13)21-20(24)22(27(19,25)26)12-18(23)16-8-7-14-4-2-3-5-15(14)11-16/h2-11,18,23H,12H2,1H3,(H,21,24). The molecule has 2 amide bonds. The van der Waals surface area contributed by atoms with Crippen LogP contribution in [0.2, 0.25) is 0 Å². The number of hydrogen-bond donors (Lipinski definition) is 2. The second-order valence-corrected chi connectivity index (χ2v) is 8.42. The molecule has 0 fully saturated rings. The van der Waals surface area contributed by atoms with Crippen LogP contribution in [0.15, 0.2) is 65.6 Å². The summed E-state index contributed by atoms with van der Waals surface area (Å²) in [6, 6.07) is 17.0. The van der Waals surface area contributed by atoms with Gasteiger partial charge in [-0.25, -0.2) is 17.5 Å². The number of urea groups is 1. The van der Waals surface area contributed by atoms with E-state index in [-0.39, 0.29) is 17.1 Å². The van der Waals surface area contributed by atoms with Gasteiger partial charge in [0, 0.05) is 0 Å². The Morgan fingerprint density at radius 3 is 2.56 bits per heavy atom. The van der Waals surface area contributed by atoms with Gasteiger partial charge in [0.25, 0.3) is 10.0 Å². The van der Waals surface area contributed by atoms with Gasteiger partial charge in [-0.1, -0.05) is 42.5 Å². The smallest absolute Gasteiger partial charge is 0.335 e. The summed E-state index contributed by atoms with van der Waals surface area (Å²) >= 11 is 0. The lowest BCUT2D eigenvalue weighted by atomic mass is 10.0. The minimum atomic E-state index is -4.03. The number of sulfonamides is 1. The maximum Gasteiger partial charge on any atom is 0.335 e. The maximum absolute atomic E-state index is 12.9.